The normalized spacial score (nSPS) is 11.3. The van der Waals surface area contributed by atoms with Gasteiger partial charge in [-0.2, -0.15) is 0 Å². The molecule has 0 aromatic rings. The summed E-state index contributed by atoms with van der Waals surface area (Å²) in [6, 6.07) is 0. The molecule has 0 aliphatic heterocycles. The summed E-state index contributed by atoms with van der Waals surface area (Å²) in [4.78, 5) is 0. The lowest BCUT2D eigenvalue weighted by molar-refractivity contribution is 0.586. The Hall–Kier alpha value is 1.75. The fraction of sp³-hybridized carbons (Fsp3) is 1.00. The summed E-state index contributed by atoms with van der Waals surface area (Å²) in [5, 5.41) is 0. The summed E-state index contributed by atoms with van der Waals surface area (Å²) >= 11 is 0. The van der Waals surface area contributed by atoms with E-state index >= 15 is 0 Å². The van der Waals surface area contributed by atoms with Gasteiger partial charge in [-0.25, -0.2) is 0 Å². The zero-order valence-electron chi connectivity index (χ0n) is 16.8. The molecule has 5 heteroatoms. The van der Waals surface area contributed by atoms with E-state index in [4.69, 9.17) is 0 Å². The molecule has 0 bridgehead atoms. The molecule has 0 atom stereocenters. The number of hydrogen-bond acceptors (Lipinski definition) is 5. The van der Waals surface area contributed by atoms with E-state index in [1.807, 2.05) is 29.5 Å². The Morgan fingerprint density at radius 2 is 0.680 bits per heavy atom. The van der Waals surface area contributed by atoms with Gasteiger partial charge >= 0.3 is 0 Å². The molecule has 0 N–H and O–H groups in total. The van der Waals surface area contributed by atoms with Gasteiger partial charge < -0.3 is 0 Å². The van der Waals surface area contributed by atoms with Crippen molar-refractivity contribution in [2.75, 3.05) is 11.5 Å². The van der Waals surface area contributed by atoms with Gasteiger partial charge in [0.15, 0.2) is 0 Å². The van der Waals surface area contributed by atoms with Crippen LogP contribution in [-0.4, -0.2) is 11.5 Å². The van der Waals surface area contributed by atoms with E-state index in [-0.39, 0.29) is 0 Å². The van der Waals surface area contributed by atoms with Gasteiger partial charge in [-0.3, -0.25) is 0 Å². The quantitative estimate of drug-likeness (QED) is 0.120. The standard InChI is InChI=1S/C20H42S5/c1-3-5-7-9-11-13-15-17-19-21-23-25-24-22-20-18-16-14-12-10-8-6-4-2/h3-20H2,1-2H3. The maximum absolute atomic E-state index is 2.29. The van der Waals surface area contributed by atoms with Gasteiger partial charge in [-0.15, -0.1) is 0 Å². The SMILES string of the molecule is CCCCCCCCCCSSSSSCCCCCCCCCC. The van der Waals surface area contributed by atoms with Crippen LogP contribution in [0.25, 0.3) is 0 Å². The van der Waals surface area contributed by atoms with Crippen molar-refractivity contribution < 1.29 is 0 Å². The van der Waals surface area contributed by atoms with Crippen molar-refractivity contribution in [2.45, 2.75) is 117 Å². The third-order valence-electron chi connectivity index (χ3n) is 4.31. The van der Waals surface area contributed by atoms with Crippen LogP contribution in [0.1, 0.15) is 117 Å². The Morgan fingerprint density at radius 3 is 1.04 bits per heavy atom. The van der Waals surface area contributed by atoms with Crippen molar-refractivity contribution in [1.82, 2.24) is 0 Å². The Kier molecular flexibility index (Phi) is 27.6. The summed E-state index contributed by atoms with van der Waals surface area (Å²) in [6.45, 7) is 4.58. The van der Waals surface area contributed by atoms with Gasteiger partial charge in [0.25, 0.3) is 0 Å². The first kappa shape index (κ1) is 26.8. The minimum Gasteiger partial charge on any atom is -0.0817 e. The molecular formula is C20H42S5. The van der Waals surface area contributed by atoms with Crippen LogP contribution in [0.2, 0.25) is 0 Å². The predicted molar refractivity (Wildman–Crippen MR) is 133 cm³/mol. The molecule has 25 heavy (non-hydrogen) atoms. The lowest BCUT2D eigenvalue weighted by Gasteiger charge is -2.02. The average molecular weight is 443 g/mol. The summed E-state index contributed by atoms with van der Waals surface area (Å²) < 4.78 is 0. The van der Waals surface area contributed by atoms with E-state index in [2.05, 4.69) is 35.4 Å². The highest BCUT2D eigenvalue weighted by Gasteiger charge is 1.97. The topological polar surface area (TPSA) is 0 Å². The molecule has 0 rings (SSSR count). The first-order valence-corrected chi connectivity index (χ1v) is 17.1. The van der Waals surface area contributed by atoms with Crippen LogP contribution in [-0.2, 0) is 0 Å². The molecule has 0 heterocycles. The fourth-order valence-corrected chi connectivity index (χ4v) is 11.7. The van der Waals surface area contributed by atoms with E-state index in [9.17, 15) is 0 Å². The fourth-order valence-electron chi connectivity index (χ4n) is 2.71. The van der Waals surface area contributed by atoms with Gasteiger partial charge in [0.1, 0.15) is 0 Å². The number of unbranched alkanes of at least 4 members (excludes halogenated alkanes) is 14. The maximum Gasteiger partial charge on any atom is 0.00454 e. The number of rotatable bonds is 22. The zero-order valence-corrected chi connectivity index (χ0v) is 20.9. The van der Waals surface area contributed by atoms with Gasteiger partial charge in [-0.1, -0.05) is 125 Å². The first-order chi connectivity index (χ1) is 12.4. The third kappa shape index (κ3) is 25.8. The van der Waals surface area contributed by atoms with Crippen molar-refractivity contribution in [3.05, 3.63) is 0 Å². The Balaban J connectivity index is 2.94. The van der Waals surface area contributed by atoms with Crippen LogP contribution in [0.3, 0.4) is 0 Å². The summed E-state index contributed by atoms with van der Waals surface area (Å²) in [6.07, 6.45) is 22.9. The lowest BCUT2D eigenvalue weighted by atomic mass is 10.1. The van der Waals surface area contributed by atoms with Crippen LogP contribution >= 0.6 is 51.1 Å². The highest BCUT2D eigenvalue weighted by molar-refractivity contribution is 9.35. The predicted octanol–water partition coefficient (Wildman–Crippen LogP) is 10.6. The van der Waals surface area contributed by atoms with Crippen molar-refractivity contribution in [1.29, 1.82) is 0 Å². The van der Waals surface area contributed by atoms with E-state index in [1.54, 1.807) is 0 Å². The van der Waals surface area contributed by atoms with E-state index in [1.165, 1.54) is 114 Å². The summed E-state index contributed by atoms with van der Waals surface area (Å²) in [5.74, 6) is 2.66. The summed E-state index contributed by atoms with van der Waals surface area (Å²) in [5.41, 5.74) is 0. The van der Waals surface area contributed by atoms with E-state index in [0.29, 0.717) is 0 Å². The van der Waals surface area contributed by atoms with Gasteiger partial charge in [0, 0.05) is 11.5 Å². The van der Waals surface area contributed by atoms with E-state index in [0.717, 1.165) is 0 Å². The van der Waals surface area contributed by atoms with Crippen molar-refractivity contribution >= 4 is 51.1 Å². The monoisotopic (exact) mass is 442 g/mol. The first-order valence-electron chi connectivity index (χ1n) is 10.7. The molecular weight excluding hydrogens is 401 g/mol. The average Bonchev–Trinajstić information content (AvgIpc) is 2.63. The van der Waals surface area contributed by atoms with Gasteiger partial charge in [0.05, 0.1) is 0 Å². The molecule has 0 spiro atoms. The smallest absolute Gasteiger partial charge is 0.00454 e. The van der Waals surface area contributed by atoms with E-state index < -0.39 is 0 Å². The van der Waals surface area contributed by atoms with Crippen LogP contribution in [0, 0.1) is 0 Å². The molecule has 0 aromatic heterocycles. The third-order valence-corrected chi connectivity index (χ3v) is 13.2. The molecule has 0 aliphatic carbocycles. The van der Waals surface area contributed by atoms with Crippen molar-refractivity contribution in [2.24, 2.45) is 0 Å². The van der Waals surface area contributed by atoms with Crippen molar-refractivity contribution in [3.8, 4) is 0 Å². The van der Waals surface area contributed by atoms with Crippen molar-refractivity contribution in [3.63, 3.8) is 0 Å². The van der Waals surface area contributed by atoms with Gasteiger partial charge in [-0.05, 0) is 42.3 Å². The van der Waals surface area contributed by atoms with Crippen LogP contribution in [0.15, 0.2) is 0 Å². The number of hydrogen-bond donors (Lipinski definition) is 0. The Labute approximate surface area is 178 Å². The molecule has 0 nitrogen and oxygen atoms in total. The Bertz CT molecular complexity index is 204. The molecule has 0 radical (unpaired) electrons. The molecule has 0 aliphatic rings. The van der Waals surface area contributed by atoms with Crippen LogP contribution < -0.4 is 0 Å². The highest BCUT2D eigenvalue weighted by atomic mass is 33.8. The van der Waals surface area contributed by atoms with Gasteiger partial charge in [0.2, 0.25) is 0 Å². The molecule has 0 amide bonds. The largest absolute Gasteiger partial charge is 0.0817 e. The minimum absolute atomic E-state index is 1.33. The lowest BCUT2D eigenvalue weighted by Crippen LogP contribution is -1.81. The zero-order chi connectivity index (χ0) is 18.3. The molecule has 0 saturated heterocycles. The van der Waals surface area contributed by atoms with Crippen LogP contribution in [0.4, 0.5) is 0 Å². The Morgan fingerprint density at radius 1 is 0.360 bits per heavy atom. The maximum atomic E-state index is 2.29. The molecule has 0 aromatic carbocycles. The molecule has 0 unspecified atom stereocenters. The second kappa shape index (κ2) is 25.8. The summed E-state index contributed by atoms with van der Waals surface area (Å²) in [7, 11) is 10.0. The molecule has 0 saturated carbocycles. The highest BCUT2D eigenvalue weighted by Crippen LogP contribution is 2.48. The second-order valence-electron chi connectivity index (χ2n) is 6.80. The van der Waals surface area contributed by atoms with Crippen LogP contribution in [0.5, 0.6) is 0 Å². The molecule has 0 fully saturated rings. The molecule has 152 valence electrons. The minimum atomic E-state index is 1.33. The second-order valence-corrected chi connectivity index (χ2v) is 14.8.